The molecule has 0 amide bonds. The van der Waals surface area contributed by atoms with Gasteiger partial charge in [-0.15, -0.1) is 6.58 Å². The average Bonchev–Trinajstić information content (AvgIpc) is 2.36. The van der Waals surface area contributed by atoms with Gasteiger partial charge in [0.05, 0.1) is 31.3 Å². The predicted octanol–water partition coefficient (Wildman–Crippen LogP) is 1.75. The summed E-state index contributed by atoms with van der Waals surface area (Å²) < 4.78 is 5.54. The number of benzene rings is 1. The average molecular weight is 236 g/mol. The van der Waals surface area contributed by atoms with E-state index >= 15 is 0 Å². The van der Waals surface area contributed by atoms with Crippen molar-refractivity contribution in [2.24, 2.45) is 5.41 Å². The van der Waals surface area contributed by atoms with Crippen LogP contribution in [0.2, 0.25) is 0 Å². The first-order chi connectivity index (χ1) is 8.14. The molecule has 0 bridgehead atoms. The van der Waals surface area contributed by atoms with Gasteiger partial charge in [-0.25, -0.2) is 0 Å². The van der Waals surface area contributed by atoms with Crippen LogP contribution in [0.4, 0.5) is 0 Å². The van der Waals surface area contributed by atoms with Crippen molar-refractivity contribution in [2.75, 3.05) is 13.2 Å². The van der Waals surface area contributed by atoms with Crippen molar-refractivity contribution in [3.63, 3.8) is 0 Å². The van der Waals surface area contributed by atoms with Gasteiger partial charge in [0, 0.05) is 0 Å². The summed E-state index contributed by atoms with van der Waals surface area (Å²) >= 11 is 0. The summed E-state index contributed by atoms with van der Waals surface area (Å²) in [4.78, 5) is 0. The molecule has 0 saturated heterocycles. The van der Waals surface area contributed by atoms with Crippen LogP contribution in [-0.4, -0.2) is 29.5 Å². The molecule has 2 unspecified atom stereocenters. The molecule has 0 radical (unpaired) electrons. The van der Waals surface area contributed by atoms with E-state index in [1.807, 2.05) is 30.3 Å². The van der Waals surface area contributed by atoms with Crippen LogP contribution in [0.5, 0.6) is 0 Å². The largest absolute Gasteiger partial charge is 0.395 e. The Morgan fingerprint density at radius 3 is 2.53 bits per heavy atom. The normalized spacial score (nSPS) is 16.2. The summed E-state index contributed by atoms with van der Waals surface area (Å²) in [5.41, 5.74) is 0.281. The minimum absolute atomic E-state index is 0.178. The highest BCUT2D eigenvalue weighted by atomic mass is 16.5. The van der Waals surface area contributed by atoms with Crippen LogP contribution in [0.25, 0.3) is 0 Å². The molecule has 3 nitrogen and oxygen atoms in total. The summed E-state index contributed by atoms with van der Waals surface area (Å²) in [5, 5.41) is 19.0. The van der Waals surface area contributed by atoms with Crippen LogP contribution < -0.4 is 0 Å². The van der Waals surface area contributed by atoms with Crippen molar-refractivity contribution < 1.29 is 14.9 Å². The quantitative estimate of drug-likeness (QED) is 0.709. The predicted molar refractivity (Wildman–Crippen MR) is 67.5 cm³/mol. The Bertz CT molecular complexity index is 335. The van der Waals surface area contributed by atoms with Gasteiger partial charge in [0.15, 0.2) is 0 Å². The fraction of sp³-hybridized carbons (Fsp3) is 0.429. The van der Waals surface area contributed by atoms with Gasteiger partial charge < -0.3 is 14.9 Å². The summed E-state index contributed by atoms with van der Waals surface area (Å²) in [7, 11) is 0. The molecule has 0 spiro atoms. The molecule has 0 aliphatic rings. The third-order valence-corrected chi connectivity index (χ3v) is 3.02. The van der Waals surface area contributed by atoms with Crippen molar-refractivity contribution in [1.29, 1.82) is 0 Å². The highest BCUT2D eigenvalue weighted by Crippen LogP contribution is 2.24. The van der Waals surface area contributed by atoms with E-state index in [9.17, 15) is 10.2 Å². The van der Waals surface area contributed by atoms with Gasteiger partial charge in [0.1, 0.15) is 0 Å². The van der Waals surface area contributed by atoms with Crippen molar-refractivity contribution in [3.8, 4) is 0 Å². The molecule has 0 heterocycles. The van der Waals surface area contributed by atoms with E-state index in [0.717, 1.165) is 5.56 Å². The SMILES string of the molecule is C=CC(CO)(COCc1ccccc1)C(C)O. The number of aliphatic hydroxyl groups is 2. The Kier molecular flexibility index (Phi) is 5.35. The highest BCUT2D eigenvalue weighted by Gasteiger charge is 2.31. The van der Waals surface area contributed by atoms with Crippen molar-refractivity contribution in [2.45, 2.75) is 19.6 Å². The third-order valence-electron chi connectivity index (χ3n) is 3.02. The highest BCUT2D eigenvalue weighted by molar-refractivity contribution is 5.13. The number of ether oxygens (including phenoxy) is 1. The molecule has 1 aromatic carbocycles. The second-order valence-corrected chi connectivity index (χ2v) is 4.25. The van der Waals surface area contributed by atoms with E-state index in [4.69, 9.17) is 4.74 Å². The molecule has 2 N–H and O–H groups in total. The Morgan fingerprint density at radius 1 is 1.41 bits per heavy atom. The molecular weight excluding hydrogens is 216 g/mol. The van der Waals surface area contributed by atoms with Crippen LogP contribution >= 0.6 is 0 Å². The second kappa shape index (κ2) is 6.55. The Morgan fingerprint density at radius 2 is 2.06 bits per heavy atom. The lowest BCUT2D eigenvalue weighted by Gasteiger charge is -2.31. The first-order valence-electron chi connectivity index (χ1n) is 5.69. The number of aliphatic hydroxyl groups excluding tert-OH is 2. The number of hydrogen-bond donors (Lipinski definition) is 2. The van der Waals surface area contributed by atoms with Gasteiger partial charge >= 0.3 is 0 Å². The van der Waals surface area contributed by atoms with Gasteiger partial charge in [-0.1, -0.05) is 36.4 Å². The molecule has 0 aromatic heterocycles. The van der Waals surface area contributed by atoms with E-state index in [-0.39, 0.29) is 13.2 Å². The first kappa shape index (κ1) is 13.9. The summed E-state index contributed by atoms with van der Waals surface area (Å²) in [6.07, 6.45) is 0.864. The van der Waals surface area contributed by atoms with Gasteiger partial charge in [-0.2, -0.15) is 0 Å². The molecule has 0 saturated carbocycles. The van der Waals surface area contributed by atoms with E-state index in [1.165, 1.54) is 0 Å². The van der Waals surface area contributed by atoms with Crippen molar-refractivity contribution in [3.05, 3.63) is 48.6 Å². The van der Waals surface area contributed by atoms with E-state index in [2.05, 4.69) is 6.58 Å². The smallest absolute Gasteiger partial charge is 0.0717 e. The van der Waals surface area contributed by atoms with Crippen molar-refractivity contribution >= 4 is 0 Å². The maximum Gasteiger partial charge on any atom is 0.0717 e. The molecular formula is C14H20O3. The Labute approximate surface area is 102 Å². The lowest BCUT2D eigenvalue weighted by molar-refractivity contribution is -0.0418. The van der Waals surface area contributed by atoms with Crippen molar-refractivity contribution in [1.82, 2.24) is 0 Å². The van der Waals surface area contributed by atoms with Crippen LogP contribution in [0.1, 0.15) is 12.5 Å². The fourth-order valence-corrected chi connectivity index (χ4v) is 1.53. The van der Waals surface area contributed by atoms with Crippen LogP contribution in [0.3, 0.4) is 0 Å². The second-order valence-electron chi connectivity index (χ2n) is 4.25. The molecule has 0 aliphatic heterocycles. The third kappa shape index (κ3) is 3.66. The first-order valence-corrected chi connectivity index (χ1v) is 5.69. The van der Waals surface area contributed by atoms with Crippen LogP contribution in [-0.2, 0) is 11.3 Å². The van der Waals surface area contributed by atoms with E-state index in [0.29, 0.717) is 6.61 Å². The Balaban J connectivity index is 2.51. The Hall–Kier alpha value is -1.16. The molecule has 2 atom stereocenters. The zero-order valence-corrected chi connectivity index (χ0v) is 10.2. The summed E-state index contributed by atoms with van der Waals surface area (Å²) in [6, 6.07) is 9.77. The number of rotatable bonds is 7. The molecule has 0 aliphatic carbocycles. The van der Waals surface area contributed by atoms with E-state index in [1.54, 1.807) is 13.0 Å². The fourth-order valence-electron chi connectivity index (χ4n) is 1.53. The molecule has 1 aromatic rings. The van der Waals surface area contributed by atoms with Gasteiger partial charge in [-0.05, 0) is 12.5 Å². The zero-order valence-electron chi connectivity index (χ0n) is 10.2. The maximum absolute atomic E-state index is 9.65. The molecule has 3 heteroatoms. The minimum Gasteiger partial charge on any atom is -0.395 e. The standard InChI is InChI=1S/C14H20O3/c1-3-14(10-15,12(2)16)11-17-9-13-7-5-4-6-8-13/h3-8,12,15-16H,1,9-11H2,2H3. The lowest BCUT2D eigenvalue weighted by atomic mass is 9.85. The maximum atomic E-state index is 9.65. The summed E-state index contributed by atoms with van der Waals surface area (Å²) in [5.74, 6) is 0. The van der Waals surface area contributed by atoms with Gasteiger partial charge in [0.25, 0.3) is 0 Å². The van der Waals surface area contributed by atoms with Crippen LogP contribution in [0.15, 0.2) is 43.0 Å². The molecule has 0 fully saturated rings. The molecule has 1 rings (SSSR count). The minimum atomic E-state index is -0.783. The van der Waals surface area contributed by atoms with E-state index < -0.39 is 11.5 Å². The topological polar surface area (TPSA) is 49.7 Å². The van der Waals surface area contributed by atoms with Gasteiger partial charge in [-0.3, -0.25) is 0 Å². The lowest BCUT2D eigenvalue weighted by Crippen LogP contribution is -2.39. The summed E-state index contributed by atoms with van der Waals surface area (Å²) in [6.45, 7) is 5.81. The monoisotopic (exact) mass is 236 g/mol. The molecule has 94 valence electrons. The van der Waals surface area contributed by atoms with Crippen LogP contribution in [0, 0.1) is 5.41 Å². The van der Waals surface area contributed by atoms with Gasteiger partial charge in [0.2, 0.25) is 0 Å². The molecule has 17 heavy (non-hydrogen) atoms. The number of hydrogen-bond acceptors (Lipinski definition) is 3. The zero-order chi connectivity index (χ0) is 12.7.